The van der Waals surface area contributed by atoms with Crippen molar-refractivity contribution in [1.29, 1.82) is 0 Å². The van der Waals surface area contributed by atoms with E-state index in [1.165, 1.54) is 12.8 Å². The van der Waals surface area contributed by atoms with Gasteiger partial charge in [-0.1, -0.05) is 18.2 Å². The van der Waals surface area contributed by atoms with Crippen LogP contribution in [0.15, 0.2) is 24.3 Å². The van der Waals surface area contributed by atoms with Gasteiger partial charge in [-0.25, -0.2) is 0 Å². The van der Waals surface area contributed by atoms with Crippen LogP contribution in [-0.4, -0.2) is 41.2 Å². The van der Waals surface area contributed by atoms with Crippen molar-refractivity contribution in [3.8, 4) is 5.75 Å². The summed E-state index contributed by atoms with van der Waals surface area (Å²) < 4.78 is 5.76. The van der Waals surface area contributed by atoms with Gasteiger partial charge in [0.05, 0.1) is 6.54 Å². The van der Waals surface area contributed by atoms with Crippen LogP contribution in [-0.2, 0) is 4.79 Å². The maximum Gasteiger partial charge on any atom is 0.222 e. The lowest BCUT2D eigenvalue weighted by Crippen LogP contribution is -2.40. The van der Waals surface area contributed by atoms with Crippen LogP contribution in [0.25, 0.3) is 0 Å². The number of benzene rings is 1. The fourth-order valence-electron chi connectivity index (χ4n) is 2.82. The molecule has 1 aromatic carbocycles. The average Bonchev–Trinajstić information content (AvgIpc) is 3.18. The number of rotatable bonds is 5. The maximum absolute atomic E-state index is 12.1. The summed E-state index contributed by atoms with van der Waals surface area (Å²) in [6, 6.07) is 7.78. The van der Waals surface area contributed by atoms with Crippen LogP contribution in [0.4, 0.5) is 0 Å². The zero-order chi connectivity index (χ0) is 14.9. The number of hydrogen-bond donors (Lipinski definition) is 1. The van der Waals surface area contributed by atoms with Gasteiger partial charge in [-0.15, -0.1) is 0 Å². The lowest BCUT2D eigenvalue weighted by atomic mass is 10.1. The largest absolute Gasteiger partial charge is 0.490 e. The van der Waals surface area contributed by atoms with Crippen LogP contribution < -0.4 is 4.74 Å². The minimum atomic E-state index is -0.915. The van der Waals surface area contributed by atoms with Crippen molar-refractivity contribution in [3.05, 3.63) is 29.8 Å². The van der Waals surface area contributed by atoms with Crippen molar-refractivity contribution in [2.75, 3.05) is 19.7 Å². The summed E-state index contributed by atoms with van der Waals surface area (Å²) in [6.07, 6.45) is 3.60. The van der Waals surface area contributed by atoms with E-state index in [0.29, 0.717) is 31.8 Å². The Kier molecular flexibility index (Phi) is 3.89. The van der Waals surface area contributed by atoms with Crippen molar-refractivity contribution in [2.24, 2.45) is 5.92 Å². The Morgan fingerprint density at radius 1 is 1.43 bits per heavy atom. The highest BCUT2D eigenvalue weighted by Gasteiger charge is 2.40. The maximum atomic E-state index is 12.1. The smallest absolute Gasteiger partial charge is 0.222 e. The highest BCUT2D eigenvalue weighted by atomic mass is 16.5. The van der Waals surface area contributed by atoms with E-state index >= 15 is 0 Å². The van der Waals surface area contributed by atoms with E-state index in [9.17, 15) is 9.90 Å². The molecule has 4 heteroatoms. The Morgan fingerprint density at radius 2 is 2.19 bits per heavy atom. The van der Waals surface area contributed by atoms with E-state index in [1.54, 1.807) is 4.90 Å². The summed E-state index contributed by atoms with van der Waals surface area (Å²) in [6.45, 7) is 3.26. The predicted molar refractivity (Wildman–Crippen MR) is 80.2 cm³/mol. The Bertz CT molecular complexity index is 527. The standard InChI is InChI=1S/C17H23NO3/c1-13-4-2-3-5-15(13)21-12-17(20)8-9-18(11-17)16(19)10-14-6-7-14/h2-5,14,20H,6-12H2,1H3. The number of nitrogens with zero attached hydrogens (tertiary/aromatic N) is 1. The third-order valence-electron chi connectivity index (χ3n) is 4.44. The highest BCUT2D eigenvalue weighted by Crippen LogP contribution is 2.34. The minimum Gasteiger partial charge on any atom is -0.490 e. The normalized spacial score (nSPS) is 25.1. The molecule has 1 aliphatic heterocycles. The van der Waals surface area contributed by atoms with Crippen LogP contribution in [0, 0.1) is 12.8 Å². The summed E-state index contributed by atoms with van der Waals surface area (Å²) in [5.41, 5.74) is 0.141. The number of amides is 1. The monoisotopic (exact) mass is 289 g/mol. The van der Waals surface area contributed by atoms with Crippen LogP contribution in [0.3, 0.4) is 0 Å². The molecule has 1 aromatic rings. The van der Waals surface area contributed by atoms with Gasteiger partial charge in [-0.2, -0.15) is 0 Å². The summed E-state index contributed by atoms with van der Waals surface area (Å²) in [5, 5.41) is 10.6. The Hall–Kier alpha value is -1.55. The minimum absolute atomic E-state index is 0.185. The van der Waals surface area contributed by atoms with Gasteiger partial charge in [0.1, 0.15) is 18.0 Å². The first-order valence-corrected chi connectivity index (χ1v) is 7.74. The molecule has 1 saturated carbocycles. The topological polar surface area (TPSA) is 49.8 Å². The number of aryl methyl sites for hydroxylation is 1. The molecule has 1 saturated heterocycles. The molecule has 2 fully saturated rings. The molecule has 0 aromatic heterocycles. The Balaban J connectivity index is 1.53. The third kappa shape index (κ3) is 3.56. The zero-order valence-corrected chi connectivity index (χ0v) is 12.5. The SMILES string of the molecule is Cc1ccccc1OCC1(O)CCN(C(=O)CC2CC2)C1. The van der Waals surface area contributed by atoms with Gasteiger partial charge in [0.25, 0.3) is 0 Å². The van der Waals surface area contributed by atoms with Crippen molar-refractivity contribution in [2.45, 2.75) is 38.2 Å². The molecule has 1 aliphatic carbocycles. The van der Waals surface area contributed by atoms with Crippen molar-refractivity contribution in [1.82, 2.24) is 4.90 Å². The summed E-state index contributed by atoms with van der Waals surface area (Å²) in [5.74, 6) is 1.58. The van der Waals surface area contributed by atoms with Gasteiger partial charge in [-0.3, -0.25) is 4.79 Å². The van der Waals surface area contributed by atoms with Crippen molar-refractivity contribution < 1.29 is 14.6 Å². The zero-order valence-electron chi connectivity index (χ0n) is 12.5. The number of ether oxygens (including phenoxy) is 1. The molecule has 0 spiro atoms. The van der Waals surface area contributed by atoms with Gasteiger partial charge < -0.3 is 14.7 Å². The van der Waals surface area contributed by atoms with Gasteiger partial charge in [0.15, 0.2) is 0 Å². The second-order valence-corrected chi connectivity index (χ2v) is 6.49. The molecule has 21 heavy (non-hydrogen) atoms. The van der Waals surface area contributed by atoms with Gasteiger partial charge in [0.2, 0.25) is 5.91 Å². The first-order valence-electron chi connectivity index (χ1n) is 7.74. The van der Waals surface area contributed by atoms with Gasteiger partial charge >= 0.3 is 0 Å². The number of carbonyl (C=O) groups excluding carboxylic acids is 1. The second-order valence-electron chi connectivity index (χ2n) is 6.49. The van der Waals surface area contributed by atoms with E-state index in [1.807, 2.05) is 31.2 Å². The molecule has 1 unspecified atom stereocenters. The Labute approximate surface area is 125 Å². The predicted octanol–water partition coefficient (Wildman–Crippen LogP) is 2.14. The van der Waals surface area contributed by atoms with Crippen LogP contribution in [0.5, 0.6) is 5.75 Å². The average molecular weight is 289 g/mol. The second kappa shape index (κ2) is 5.68. The van der Waals surface area contributed by atoms with Crippen LogP contribution >= 0.6 is 0 Å². The van der Waals surface area contributed by atoms with Crippen molar-refractivity contribution >= 4 is 5.91 Å². The van der Waals surface area contributed by atoms with Crippen LogP contribution in [0.1, 0.15) is 31.2 Å². The van der Waals surface area contributed by atoms with Crippen LogP contribution in [0.2, 0.25) is 0 Å². The molecule has 1 atom stereocenters. The summed E-state index contributed by atoms with van der Waals surface area (Å²) >= 11 is 0. The number of likely N-dealkylation sites (tertiary alicyclic amines) is 1. The fourth-order valence-corrected chi connectivity index (χ4v) is 2.82. The molecule has 1 amide bonds. The highest BCUT2D eigenvalue weighted by molar-refractivity contribution is 5.77. The number of para-hydroxylation sites is 1. The molecule has 4 nitrogen and oxygen atoms in total. The van der Waals surface area contributed by atoms with E-state index in [4.69, 9.17) is 4.74 Å². The quantitative estimate of drug-likeness (QED) is 0.903. The molecule has 1 heterocycles. The summed E-state index contributed by atoms with van der Waals surface area (Å²) in [4.78, 5) is 13.9. The fraction of sp³-hybridized carbons (Fsp3) is 0.588. The molecular weight excluding hydrogens is 266 g/mol. The molecule has 1 N–H and O–H groups in total. The van der Waals surface area contributed by atoms with E-state index in [-0.39, 0.29) is 12.5 Å². The van der Waals surface area contributed by atoms with E-state index in [2.05, 4.69) is 0 Å². The van der Waals surface area contributed by atoms with E-state index in [0.717, 1.165) is 11.3 Å². The number of aliphatic hydroxyl groups is 1. The number of carbonyl (C=O) groups is 1. The first kappa shape index (κ1) is 14.4. The molecule has 2 aliphatic rings. The molecular formula is C17H23NO3. The number of hydrogen-bond acceptors (Lipinski definition) is 3. The van der Waals surface area contributed by atoms with E-state index < -0.39 is 5.60 Å². The molecule has 0 radical (unpaired) electrons. The lowest BCUT2D eigenvalue weighted by molar-refractivity contribution is -0.131. The molecule has 114 valence electrons. The Morgan fingerprint density at radius 3 is 2.90 bits per heavy atom. The first-order chi connectivity index (χ1) is 10.1. The summed E-state index contributed by atoms with van der Waals surface area (Å²) in [7, 11) is 0. The lowest BCUT2D eigenvalue weighted by Gasteiger charge is -2.24. The van der Waals surface area contributed by atoms with Crippen molar-refractivity contribution in [3.63, 3.8) is 0 Å². The third-order valence-corrected chi connectivity index (χ3v) is 4.44. The number of β-amino-alcohol motifs (C(OH)–C–C–N with tert-alkyl or cyclic N) is 1. The molecule has 3 rings (SSSR count). The van der Waals surface area contributed by atoms with Gasteiger partial charge in [0, 0.05) is 13.0 Å². The van der Waals surface area contributed by atoms with Gasteiger partial charge in [-0.05, 0) is 43.7 Å². The molecule has 0 bridgehead atoms.